The zero-order valence-corrected chi connectivity index (χ0v) is 43.9. The highest BCUT2D eigenvalue weighted by atomic mass is 15.1. The SMILES string of the molecule is C=CC1=C(/C=C\C)c2ccc(N(c3cc(C)c(C)c(C)c3)c3cc(-c4ccc5ccccc5c4)c4ccc5c(N(C)c6cc(C)c(C)c(C)c6)cc(-c6ccc7ccccc7c6)c6ccc3c4c65)cc2C1(C)C. The molecule has 0 aromatic heterocycles. The molecule has 11 aromatic carbocycles. The maximum absolute atomic E-state index is 4.34. The third-order valence-electron chi connectivity index (χ3n) is 16.8. The molecule has 2 heteroatoms. The fourth-order valence-electron chi connectivity index (χ4n) is 12.3. The van der Waals surface area contributed by atoms with Crippen LogP contribution in [0.1, 0.15) is 65.3 Å². The van der Waals surface area contributed by atoms with Gasteiger partial charge in [0.1, 0.15) is 0 Å². The first-order valence-electron chi connectivity index (χ1n) is 25.9. The molecule has 0 heterocycles. The molecule has 0 atom stereocenters. The quantitative estimate of drug-likeness (QED) is 0.133. The lowest BCUT2D eigenvalue weighted by Gasteiger charge is -2.32. The third kappa shape index (κ3) is 7.21. The minimum atomic E-state index is -0.248. The van der Waals surface area contributed by atoms with Crippen LogP contribution in [-0.4, -0.2) is 7.05 Å². The van der Waals surface area contributed by atoms with Crippen molar-refractivity contribution in [3.63, 3.8) is 0 Å². The normalized spacial score (nSPS) is 13.4. The molecule has 11 aromatic rings. The number of benzene rings is 11. The second-order valence-electron chi connectivity index (χ2n) is 21.3. The van der Waals surface area contributed by atoms with E-state index in [0.29, 0.717) is 0 Å². The van der Waals surface area contributed by atoms with Gasteiger partial charge in [0.15, 0.2) is 0 Å². The molecule has 0 radical (unpaired) electrons. The van der Waals surface area contributed by atoms with Crippen LogP contribution in [0.25, 0.3) is 81.7 Å². The predicted molar refractivity (Wildman–Crippen MR) is 319 cm³/mol. The highest BCUT2D eigenvalue weighted by Gasteiger charge is 2.36. The van der Waals surface area contributed by atoms with Gasteiger partial charge >= 0.3 is 0 Å². The smallest absolute Gasteiger partial charge is 0.0546 e. The number of allylic oxidation sites excluding steroid dienone is 5. The third-order valence-corrected chi connectivity index (χ3v) is 16.8. The number of anilines is 5. The summed E-state index contributed by atoms with van der Waals surface area (Å²) in [6.07, 6.45) is 6.47. The minimum absolute atomic E-state index is 0.248. The molecule has 1 aliphatic carbocycles. The Morgan fingerprint density at radius 1 is 0.452 bits per heavy atom. The van der Waals surface area contributed by atoms with Crippen LogP contribution >= 0.6 is 0 Å². The van der Waals surface area contributed by atoms with Crippen LogP contribution in [0.3, 0.4) is 0 Å². The molecule has 0 saturated heterocycles. The molecule has 0 fully saturated rings. The van der Waals surface area contributed by atoms with Crippen LogP contribution in [0.2, 0.25) is 0 Å². The molecule has 0 saturated carbocycles. The van der Waals surface area contributed by atoms with Crippen molar-refractivity contribution in [2.75, 3.05) is 16.8 Å². The van der Waals surface area contributed by atoms with Gasteiger partial charge in [0.05, 0.1) is 5.69 Å². The van der Waals surface area contributed by atoms with Crippen LogP contribution in [0.5, 0.6) is 0 Å². The van der Waals surface area contributed by atoms with Gasteiger partial charge in [0, 0.05) is 56.8 Å². The topological polar surface area (TPSA) is 6.48 Å². The average Bonchev–Trinajstić information content (AvgIpc) is 3.62. The van der Waals surface area contributed by atoms with Gasteiger partial charge in [0.2, 0.25) is 0 Å². The highest BCUT2D eigenvalue weighted by molar-refractivity contribution is 6.32. The first kappa shape index (κ1) is 45.9. The van der Waals surface area contributed by atoms with Gasteiger partial charge in [0.25, 0.3) is 0 Å². The van der Waals surface area contributed by atoms with Crippen molar-refractivity contribution in [3.8, 4) is 22.3 Å². The Bertz CT molecular complexity index is 4130. The number of fused-ring (bicyclic) bond motifs is 3. The van der Waals surface area contributed by atoms with Gasteiger partial charge in [-0.2, -0.15) is 0 Å². The molecule has 0 bridgehead atoms. The Kier molecular flexibility index (Phi) is 10.8. The number of hydrogen-bond donors (Lipinski definition) is 0. The molecule has 356 valence electrons. The number of rotatable bonds is 9. The summed E-state index contributed by atoms with van der Waals surface area (Å²) < 4.78 is 0. The molecule has 0 amide bonds. The maximum Gasteiger partial charge on any atom is 0.0546 e. The molecule has 1 aliphatic rings. The number of aryl methyl sites for hydroxylation is 4. The lowest BCUT2D eigenvalue weighted by atomic mass is 9.81. The van der Waals surface area contributed by atoms with E-state index in [1.807, 2.05) is 0 Å². The van der Waals surface area contributed by atoms with Crippen molar-refractivity contribution >= 4 is 87.9 Å². The monoisotopic (exact) mass is 942 g/mol. The van der Waals surface area contributed by atoms with E-state index in [-0.39, 0.29) is 5.41 Å². The Balaban J connectivity index is 1.23. The number of nitrogens with zero attached hydrogens (tertiary/aromatic N) is 2. The highest BCUT2D eigenvalue weighted by Crippen LogP contribution is 2.54. The molecular weight excluding hydrogens is 881 g/mol. The second-order valence-corrected chi connectivity index (χ2v) is 21.3. The van der Waals surface area contributed by atoms with Crippen LogP contribution in [0, 0.1) is 41.5 Å². The number of hydrogen-bond acceptors (Lipinski definition) is 2. The van der Waals surface area contributed by atoms with Crippen LogP contribution in [-0.2, 0) is 5.41 Å². The van der Waals surface area contributed by atoms with E-state index < -0.39 is 0 Å². The van der Waals surface area contributed by atoms with Crippen LogP contribution in [0.15, 0.2) is 194 Å². The Morgan fingerprint density at radius 2 is 0.932 bits per heavy atom. The minimum Gasteiger partial charge on any atom is -0.344 e. The van der Waals surface area contributed by atoms with Crippen molar-refractivity contribution in [1.82, 2.24) is 0 Å². The molecule has 0 N–H and O–H groups in total. The first-order chi connectivity index (χ1) is 35.2. The van der Waals surface area contributed by atoms with E-state index >= 15 is 0 Å². The van der Waals surface area contributed by atoms with E-state index in [4.69, 9.17) is 0 Å². The van der Waals surface area contributed by atoms with E-state index in [1.54, 1.807) is 0 Å². The molecule has 0 unspecified atom stereocenters. The zero-order valence-electron chi connectivity index (χ0n) is 43.9. The van der Waals surface area contributed by atoms with Crippen molar-refractivity contribution in [1.29, 1.82) is 0 Å². The molecule has 2 nitrogen and oxygen atoms in total. The summed E-state index contributed by atoms with van der Waals surface area (Å²) in [6.45, 7) is 24.6. The largest absolute Gasteiger partial charge is 0.344 e. The summed E-state index contributed by atoms with van der Waals surface area (Å²) in [6, 6.07) is 62.7. The molecule has 12 rings (SSSR count). The summed E-state index contributed by atoms with van der Waals surface area (Å²) >= 11 is 0. The predicted octanol–water partition coefficient (Wildman–Crippen LogP) is 20.1. The molecular formula is C71H62N2. The Morgan fingerprint density at radius 3 is 1.45 bits per heavy atom. The van der Waals surface area contributed by atoms with Crippen molar-refractivity contribution < 1.29 is 0 Å². The summed E-state index contributed by atoms with van der Waals surface area (Å²) in [4.78, 5) is 4.98. The van der Waals surface area contributed by atoms with E-state index in [1.165, 1.54) is 143 Å². The van der Waals surface area contributed by atoms with Crippen molar-refractivity contribution in [2.24, 2.45) is 0 Å². The lowest BCUT2D eigenvalue weighted by Crippen LogP contribution is -2.18. The molecule has 0 aliphatic heterocycles. The maximum atomic E-state index is 4.34. The summed E-state index contributed by atoms with van der Waals surface area (Å²) in [7, 11) is 2.25. The summed E-state index contributed by atoms with van der Waals surface area (Å²) in [5.41, 5.74) is 23.2. The van der Waals surface area contributed by atoms with Crippen molar-refractivity contribution in [3.05, 3.63) is 239 Å². The van der Waals surface area contributed by atoms with Gasteiger partial charge < -0.3 is 9.80 Å². The van der Waals surface area contributed by atoms with Crippen LogP contribution in [0.4, 0.5) is 28.4 Å². The standard InChI is InChI=1S/C71H62N2/c1-12-18-57-58-28-27-54(39-66(58)71(9,10)65(57)13-2)73(56-35-44(5)47(8)45(6)36-56)68-41-64(53-26-24-49-20-15-17-22-51(49)38-53)60-29-31-61-67(72(11)55-33-42(3)46(7)43(4)34-55)40-63(59-30-32-62(68)70(60)69(59)61)52-25-23-48-19-14-16-21-50(48)37-52/h12-41H,2H2,1,3-11H3/b18-12-. The van der Waals surface area contributed by atoms with Gasteiger partial charge in [-0.15, -0.1) is 0 Å². The second kappa shape index (κ2) is 17.2. The van der Waals surface area contributed by atoms with Gasteiger partial charge in [-0.05, 0) is 219 Å². The van der Waals surface area contributed by atoms with Crippen molar-refractivity contribution in [2.45, 2.75) is 67.7 Å². The molecule has 73 heavy (non-hydrogen) atoms. The Labute approximate surface area is 431 Å². The van der Waals surface area contributed by atoms with Gasteiger partial charge in [-0.25, -0.2) is 0 Å². The molecule has 0 spiro atoms. The van der Waals surface area contributed by atoms with Gasteiger partial charge in [-0.3, -0.25) is 0 Å². The fourth-order valence-corrected chi connectivity index (χ4v) is 12.3. The fraction of sp³-hybridized carbons (Fsp3) is 0.155. The van der Waals surface area contributed by atoms with E-state index in [2.05, 4.69) is 268 Å². The van der Waals surface area contributed by atoms with Crippen LogP contribution < -0.4 is 9.80 Å². The summed E-state index contributed by atoms with van der Waals surface area (Å²) in [5.74, 6) is 0. The Hall–Kier alpha value is -8.20. The average molecular weight is 943 g/mol. The van der Waals surface area contributed by atoms with E-state index in [9.17, 15) is 0 Å². The van der Waals surface area contributed by atoms with E-state index in [0.717, 1.165) is 17.1 Å². The lowest BCUT2D eigenvalue weighted by molar-refractivity contribution is 0.654. The first-order valence-corrected chi connectivity index (χ1v) is 25.9. The zero-order chi connectivity index (χ0) is 50.6. The van der Waals surface area contributed by atoms with Gasteiger partial charge in [-0.1, -0.05) is 142 Å². The summed E-state index contributed by atoms with van der Waals surface area (Å²) in [5, 5.41) is 12.4.